The Hall–Kier alpha value is -2.39. The minimum Gasteiger partial charge on any atom is -0.354 e. The van der Waals surface area contributed by atoms with Gasteiger partial charge in [0.2, 0.25) is 11.8 Å². The third kappa shape index (κ3) is 3.08. The molecule has 0 aliphatic carbocycles. The third-order valence-electron chi connectivity index (χ3n) is 4.32. The molecule has 9 heteroatoms. The maximum absolute atomic E-state index is 12.6. The predicted octanol–water partition coefficient (Wildman–Crippen LogP) is 1.86. The molecule has 3 amide bonds. The van der Waals surface area contributed by atoms with Crippen LogP contribution in [0.1, 0.15) is 27.7 Å². The lowest BCUT2D eigenvalue weighted by Crippen LogP contribution is -2.46. The highest BCUT2D eigenvalue weighted by Crippen LogP contribution is 2.47. The summed E-state index contributed by atoms with van der Waals surface area (Å²) in [6, 6.07) is 6.97. The van der Waals surface area contributed by atoms with E-state index < -0.39 is 6.04 Å². The summed E-state index contributed by atoms with van der Waals surface area (Å²) >= 11 is 2.94. The van der Waals surface area contributed by atoms with Gasteiger partial charge in [-0.25, -0.2) is 4.98 Å². The topological polar surface area (TPSA) is 91.4 Å². The molecule has 134 valence electrons. The number of rotatable bonds is 5. The van der Waals surface area contributed by atoms with Crippen molar-refractivity contribution < 1.29 is 14.4 Å². The van der Waals surface area contributed by atoms with E-state index in [-0.39, 0.29) is 36.1 Å². The number of aromatic nitrogens is 1. The number of nitrogens with zero attached hydrogens (tertiary/aromatic N) is 2. The molecular formula is C17H16N4O3S2. The Morgan fingerprint density at radius 3 is 2.96 bits per heavy atom. The molecule has 26 heavy (non-hydrogen) atoms. The summed E-state index contributed by atoms with van der Waals surface area (Å²) in [5, 5.41) is 7.66. The molecule has 3 heterocycles. The molecule has 1 aromatic carbocycles. The lowest BCUT2D eigenvalue weighted by Gasteiger charge is -2.22. The van der Waals surface area contributed by atoms with Crippen LogP contribution in [-0.2, 0) is 9.59 Å². The van der Waals surface area contributed by atoms with Gasteiger partial charge < -0.3 is 15.5 Å². The molecule has 1 fully saturated rings. The molecule has 0 saturated carbocycles. The van der Waals surface area contributed by atoms with Crippen LogP contribution >= 0.6 is 23.1 Å². The van der Waals surface area contributed by atoms with Crippen molar-refractivity contribution in [3.05, 3.63) is 47.0 Å². The number of hydrogen-bond acceptors (Lipinski definition) is 6. The van der Waals surface area contributed by atoms with Gasteiger partial charge in [0.1, 0.15) is 11.4 Å². The standard InChI is InChI=1S/C17H16N4O3S2/c22-13(20-17-19-7-8-25-17)5-6-18-14(23)12-9-26-16-11-4-2-1-3-10(11)15(24)21(12)16/h1-4,7-8,12,16H,5-6,9H2,(H,18,23)(H,19,20,22)/t12-,16+/m1/s1. The van der Waals surface area contributed by atoms with Crippen molar-refractivity contribution in [1.29, 1.82) is 0 Å². The number of carbonyl (C=O) groups is 3. The van der Waals surface area contributed by atoms with E-state index in [1.165, 1.54) is 11.3 Å². The van der Waals surface area contributed by atoms with Crippen LogP contribution in [0, 0.1) is 0 Å². The second-order valence-corrected chi connectivity index (χ2v) is 7.94. The minimum atomic E-state index is -0.507. The summed E-state index contributed by atoms with van der Waals surface area (Å²) < 4.78 is 0. The Morgan fingerprint density at radius 1 is 1.31 bits per heavy atom. The van der Waals surface area contributed by atoms with Gasteiger partial charge >= 0.3 is 0 Å². The van der Waals surface area contributed by atoms with E-state index >= 15 is 0 Å². The van der Waals surface area contributed by atoms with E-state index in [4.69, 9.17) is 0 Å². The highest BCUT2D eigenvalue weighted by Gasteiger charge is 2.48. The van der Waals surface area contributed by atoms with E-state index in [2.05, 4.69) is 15.6 Å². The highest BCUT2D eigenvalue weighted by molar-refractivity contribution is 7.99. The lowest BCUT2D eigenvalue weighted by atomic mass is 10.1. The minimum absolute atomic E-state index is 0.0948. The Labute approximate surface area is 158 Å². The van der Waals surface area contributed by atoms with Crippen molar-refractivity contribution in [2.24, 2.45) is 0 Å². The van der Waals surface area contributed by atoms with Gasteiger partial charge in [-0.3, -0.25) is 14.4 Å². The number of fused-ring (bicyclic) bond motifs is 3. The van der Waals surface area contributed by atoms with Crippen LogP contribution in [-0.4, -0.2) is 45.9 Å². The Morgan fingerprint density at radius 2 is 2.15 bits per heavy atom. The molecule has 2 aromatic rings. The van der Waals surface area contributed by atoms with Crippen LogP contribution in [0.3, 0.4) is 0 Å². The number of amides is 3. The zero-order valence-electron chi connectivity index (χ0n) is 13.7. The van der Waals surface area contributed by atoms with Gasteiger partial charge in [-0.2, -0.15) is 0 Å². The van der Waals surface area contributed by atoms with Gasteiger partial charge in [-0.05, 0) is 11.6 Å². The highest BCUT2D eigenvalue weighted by atomic mass is 32.2. The van der Waals surface area contributed by atoms with Crippen LogP contribution in [0.25, 0.3) is 0 Å². The smallest absolute Gasteiger partial charge is 0.256 e. The molecule has 0 radical (unpaired) electrons. The largest absolute Gasteiger partial charge is 0.354 e. The van der Waals surface area contributed by atoms with Gasteiger partial charge in [-0.15, -0.1) is 23.1 Å². The quantitative estimate of drug-likeness (QED) is 0.816. The number of benzene rings is 1. The van der Waals surface area contributed by atoms with E-state index in [1.54, 1.807) is 34.3 Å². The number of carbonyl (C=O) groups excluding carboxylic acids is 3. The summed E-state index contributed by atoms with van der Waals surface area (Å²) in [6.07, 6.45) is 1.77. The molecule has 1 saturated heterocycles. The molecule has 0 bridgehead atoms. The second-order valence-electron chi connectivity index (χ2n) is 5.93. The number of nitrogens with one attached hydrogen (secondary N) is 2. The first kappa shape index (κ1) is 17.0. The van der Waals surface area contributed by atoms with Gasteiger partial charge in [0.05, 0.1) is 0 Å². The van der Waals surface area contributed by atoms with Crippen LogP contribution in [0.15, 0.2) is 35.8 Å². The monoisotopic (exact) mass is 388 g/mol. The predicted molar refractivity (Wildman–Crippen MR) is 100.0 cm³/mol. The summed E-state index contributed by atoms with van der Waals surface area (Å²) in [5.41, 5.74) is 1.64. The van der Waals surface area contributed by atoms with E-state index in [0.29, 0.717) is 16.4 Å². The molecule has 4 rings (SSSR count). The van der Waals surface area contributed by atoms with Gasteiger partial charge in [0, 0.05) is 35.9 Å². The van der Waals surface area contributed by atoms with Gasteiger partial charge in [0.25, 0.3) is 5.91 Å². The third-order valence-corrected chi connectivity index (χ3v) is 6.32. The first-order valence-corrected chi connectivity index (χ1v) is 10.1. The summed E-state index contributed by atoms with van der Waals surface area (Å²) in [7, 11) is 0. The zero-order valence-corrected chi connectivity index (χ0v) is 15.3. The van der Waals surface area contributed by atoms with Crippen molar-refractivity contribution in [3.8, 4) is 0 Å². The van der Waals surface area contributed by atoms with E-state index in [1.807, 2.05) is 18.2 Å². The van der Waals surface area contributed by atoms with Gasteiger partial charge in [-0.1, -0.05) is 18.2 Å². The molecule has 0 spiro atoms. The van der Waals surface area contributed by atoms with E-state index in [0.717, 1.165) is 5.56 Å². The maximum Gasteiger partial charge on any atom is 0.256 e. The number of thiazole rings is 1. The molecule has 2 aliphatic rings. The SMILES string of the molecule is O=C(CCNC(=O)[C@H]1CS[C@H]2c3ccccc3C(=O)N12)Nc1nccs1. The second kappa shape index (κ2) is 7.08. The lowest BCUT2D eigenvalue weighted by molar-refractivity contribution is -0.124. The number of anilines is 1. The fraction of sp³-hybridized carbons (Fsp3) is 0.294. The summed E-state index contributed by atoms with van der Waals surface area (Å²) in [6.45, 7) is 0.219. The van der Waals surface area contributed by atoms with Crippen LogP contribution in [0.5, 0.6) is 0 Å². The first-order chi connectivity index (χ1) is 12.6. The first-order valence-electron chi connectivity index (χ1n) is 8.15. The van der Waals surface area contributed by atoms with Gasteiger partial charge in [0.15, 0.2) is 5.13 Å². The van der Waals surface area contributed by atoms with Crippen molar-refractivity contribution >= 4 is 46.0 Å². The molecule has 7 nitrogen and oxygen atoms in total. The molecular weight excluding hydrogens is 372 g/mol. The van der Waals surface area contributed by atoms with Crippen LogP contribution in [0.4, 0.5) is 5.13 Å². The maximum atomic E-state index is 12.6. The van der Waals surface area contributed by atoms with Crippen molar-refractivity contribution in [2.75, 3.05) is 17.6 Å². The molecule has 2 N–H and O–H groups in total. The Balaban J connectivity index is 1.32. The normalized spacial score (nSPS) is 20.6. The summed E-state index contributed by atoms with van der Waals surface area (Å²) in [4.78, 5) is 42.6. The molecule has 1 aromatic heterocycles. The van der Waals surface area contributed by atoms with Crippen molar-refractivity contribution in [3.63, 3.8) is 0 Å². The van der Waals surface area contributed by atoms with Crippen LogP contribution < -0.4 is 10.6 Å². The van der Waals surface area contributed by atoms with Crippen LogP contribution in [0.2, 0.25) is 0 Å². The Kier molecular flexibility index (Phi) is 4.64. The zero-order chi connectivity index (χ0) is 18.1. The summed E-state index contributed by atoms with van der Waals surface area (Å²) in [5.74, 6) is 0.0334. The average Bonchev–Trinajstić information content (AvgIpc) is 3.34. The molecule has 2 aliphatic heterocycles. The van der Waals surface area contributed by atoms with Crippen molar-refractivity contribution in [1.82, 2.24) is 15.2 Å². The molecule has 2 atom stereocenters. The Bertz CT molecular complexity index is 855. The molecule has 0 unspecified atom stereocenters. The number of hydrogen-bond donors (Lipinski definition) is 2. The van der Waals surface area contributed by atoms with Crippen molar-refractivity contribution in [2.45, 2.75) is 17.8 Å². The van der Waals surface area contributed by atoms with E-state index in [9.17, 15) is 14.4 Å². The fourth-order valence-corrected chi connectivity index (χ4v) is 5.14. The fourth-order valence-electron chi connectivity index (χ4n) is 3.13. The average molecular weight is 388 g/mol. The number of thioether (sulfide) groups is 1.